The van der Waals surface area contributed by atoms with Crippen LogP contribution >= 0.6 is 0 Å². The van der Waals surface area contributed by atoms with Gasteiger partial charge in [0.05, 0.1) is 22.9 Å². The third-order valence-electron chi connectivity index (χ3n) is 4.82. The number of pyridine rings is 1. The van der Waals surface area contributed by atoms with E-state index >= 15 is 0 Å². The van der Waals surface area contributed by atoms with Crippen molar-refractivity contribution in [1.82, 2.24) is 4.98 Å². The van der Waals surface area contributed by atoms with Gasteiger partial charge in [0.15, 0.2) is 0 Å². The van der Waals surface area contributed by atoms with Crippen LogP contribution in [0.3, 0.4) is 0 Å². The van der Waals surface area contributed by atoms with E-state index in [1.807, 2.05) is 6.92 Å². The number of amides is 1. The monoisotopic (exact) mass is 444 g/mol. The fourth-order valence-corrected chi connectivity index (χ4v) is 3.00. The molecule has 0 saturated carbocycles. The Morgan fingerprint density at radius 1 is 1.00 bits per heavy atom. The van der Waals surface area contributed by atoms with Gasteiger partial charge in [0.2, 0.25) is 0 Å². The van der Waals surface area contributed by atoms with Gasteiger partial charge in [-0.05, 0) is 74.5 Å². The van der Waals surface area contributed by atoms with Crippen molar-refractivity contribution in [2.24, 2.45) is 0 Å². The molecule has 1 amide bonds. The van der Waals surface area contributed by atoms with Crippen LogP contribution in [-0.2, 0) is 17.3 Å². The molecular weight excluding hydrogens is 421 g/mol. The van der Waals surface area contributed by atoms with E-state index in [0.29, 0.717) is 29.1 Å². The number of hydrogen-bond acceptors (Lipinski definition) is 4. The zero-order valence-electron chi connectivity index (χ0n) is 17.9. The van der Waals surface area contributed by atoms with Crippen LogP contribution in [0, 0.1) is 6.92 Å². The van der Waals surface area contributed by atoms with Crippen molar-refractivity contribution in [2.75, 3.05) is 12.4 Å². The quantitative estimate of drug-likeness (QED) is 0.483. The molecule has 1 N–H and O–H groups in total. The van der Waals surface area contributed by atoms with Gasteiger partial charge in [-0.15, -0.1) is 0 Å². The second-order valence-electron chi connectivity index (χ2n) is 7.29. The van der Waals surface area contributed by atoms with Crippen LogP contribution in [0.1, 0.15) is 34.2 Å². The predicted octanol–water partition coefficient (Wildman–Crippen LogP) is 6.03. The predicted molar refractivity (Wildman–Crippen MR) is 115 cm³/mol. The van der Waals surface area contributed by atoms with Crippen LogP contribution in [0.2, 0.25) is 0 Å². The SMILES string of the molecule is COC(C)Cc1ccc(C(=O)Nc2ccc(Oc3ccc(C(F)(F)F)cc3)cc2)c(C)n1. The van der Waals surface area contributed by atoms with Gasteiger partial charge < -0.3 is 14.8 Å². The normalized spacial score (nSPS) is 12.3. The van der Waals surface area contributed by atoms with Crippen LogP contribution < -0.4 is 10.1 Å². The third kappa shape index (κ3) is 6.07. The molecule has 0 aliphatic carbocycles. The molecule has 0 radical (unpaired) electrons. The molecule has 0 spiro atoms. The molecule has 2 aromatic carbocycles. The molecule has 1 heterocycles. The van der Waals surface area contributed by atoms with Gasteiger partial charge in [-0.25, -0.2) is 0 Å². The Kier molecular flexibility index (Phi) is 7.15. The van der Waals surface area contributed by atoms with Crippen LogP contribution in [0.5, 0.6) is 11.5 Å². The summed E-state index contributed by atoms with van der Waals surface area (Å²) in [7, 11) is 1.64. The van der Waals surface area contributed by atoms with E-state index in [1.165, 1.54) is 12.1 Å². The summed E-state index contributed by atoms with van der Waals surface area (Å²) in [5.41, 5.74) is 1.73. The summed E-state index contributed by atoms with van der Waals surface area (Å²) < 4.78 is 48.7. The Morgan fingerprint density at radius 3 is 2.12 bits per heavy atom. The molecule has 1 atom stereocenters. The molecule has 0 saturated heterocycles. The fraction of sp³-hybridized carbons (Fsp3) is 0.250. The number of nitrogens with zero attached hydrogens (tertiary/aromatic N) is 1. The lowest BCUT2D eigenvalue weighted by atomic mass is 10.1. The molecule has 5 nitrogen and oxygen atoms in total. The minimum Gasteiger partial charge on any atom is -0.457 e. The number of hydrogen-bond donors (Lipinski definition) is 1. The minimum absolute atomic E-state index is 0.0323. The average Bonchev–Trinajstić information content (AvgIpc) is 2.75. The highest BCUT2D eigenvalue weighted by Gasteiger charge is 2.30. The van der Waals surface area contributed by atoms with Gasteiger partial charge in [-0.2, -0.15) is 13.2 Å². The number of carbonyl (C=O) groups excluding carboxylic acids is 1. The zero-order chi connectivity index (χ0) is 23.3. The highest BCUT2D eigenvalue weighted by atomic mass is 19.4. The lowest BCUT2D eigenvalue weighted by Gasteiger charge is -2.12. The Balaban J connectivity index is 1.62. The summed E-state index contributed by atoms with van der Waals surface area (Å²) >= 11 is 0. The van der Waals surface area contributed by atoms with E-state index in [1.54, 1.807) is 50.4 Å². The smallest absolute Gasteiger partial charge is 0.416 e. The molecule has 32 heavy (non-hydrogen) atoms. The van der Waals surface area contributed by atoms with Gasteiger partial charge in [0.25, 0.3) is 5.91 Å². The van der Waals surface area contributed by atoms with Crippen molar-refractivity contribution in [3.8, 4) is 11.5 Å². The maximum atomic E-state index is 12.6. The maximum Gasteiger partial charge on any atom is 0.416 e. The molecule has 3 aromatic rings. The van der Waals surface area contributed by atoms with E-state index in [4.69, 9.17) is 9.47 Å². The maximum absolute atomic E-state index is 12.6. The number of rotatable bonds is 7. The van der Waals surface area contributed by atoms with Crippen molar-refractivity contribution < 1.29 is 27.4 Å². The summed E-state index contributed by atoms with van der Waals surface area (Å²) in [5, 5.41) is 2.80. The third-order valence-corrected chi connectivity index (χ3v) is 4.82. The van der Waals surface area contributed by atoms with Gasteiger partial charge in [-0.1, -0.05) is 0 Å². The van der Waals surface area contributed by atoms with Gasteiger partial charge in [0.1, 0.15) is 11.5 Å². The second-order valence-corrected chi connectivity index (χ2v) is 7.29. The largest absolute Gasteiger partial charge is 0.457 e. The first-order valence-electron chi connectivity index (χ1n) is 9.91. The second kappa shape index (κ2) is 9.82. The van der Waals surface area contributed by atoms with Gasteiger partial charge in [-0.3, -0.25) is 9.78 Å². The number of anilines is 1. The van der Waals surface area contributed by atoms with E-state index in [9.17, 15) is 18.0 Å². The highest BCUT2D eigenvalue weighted by Crippen LogP contribution is 2.31. The first-order valence-corrected chi connectivity index (χ1v) is 9.91. The Bertz CT molecular complexity index is 1070. The summed E-state index contributed by atoms with van der Waals surface area (Å²) in [4.78, 5) is 17.1. The molecule has 8 heteroatoms. The van der Waals surface area contributed by atoms with E-state index in [2.05, 4.69) is 10.3 Å². The number of aromatic nitrogens is 1. The standard InChI is InChI=1S/C24H23F3N2O3/c1-15(31-3)14-19-8-13-22(16(2)28-19)23(30)29-18-6-11-21(12-7-18)32-20-9-4-17(5-10-20)24(25,26)27/h4-13,15H,14H2,1-3H3,(H,29,30). The van der Waals surface area contributed by atoms with Crippen LogP contribution in [0.15, 0.2) is 60.7 Å². The molecule has 0 bridgehead atoms. The van der Waals surface area contributed by atoms with Crippen molar-refractivity contribution in [3.63, 3.8) is 0 Å². The van der Waals surface area contributed by atoms with E-state index in [0.717, 1.165) is 17.8 Å². The average molecular weight is 444 g/mol. The number of nitrogens with one attached hydrogen (secondary N) is 1. The molecule has 1 unspecified atom stereocenters. The molecule has 0 aliphatic heterocycles. The molecule has 3 rings (SSSR count). The van der Waals surface area contributed by atoms with Crippen molar-refractivity contribution in [2.45, 2.75) is 32.5 Å². The van der Waals surface area contributed by atoms with Crippen molar-refractivity contribution >= 4 is 11.6 Å². The number of alkyl halides is 3. The highest BCUT2D eigenvalue weighted by molar-refractivity contribution is 6.05. The summed E-state index contributed by atoms with van der Waals surface area (Å²) in [5.74, 6) is 0.411. The van der Waals surface area contributed by atoms with Crippen LogP contribution in [0.4, 0.5) is 18.9 Å². The number of benzene rings is 2. The number of halogens is 3. The number of aryl methyl sites for hydroxylation is 1. The fourth-order valence-electron chi connectivity index (χ4n) is 3.00. The summed E-state index contributed by atoms with van der Waals surface area (Å²) in [6, 6.07) is 14.5. The van der Waals surface area contributed by atoms with Crippen LogP contribution in [0.25, 0.3) is 0 Å². The first-order chi connectivity index (χ1) is 15.2. The number of ether oxygens (including phenoxy) is 2. The number of methoxy groups -OCH3 is 1. The molecule has 1 aromatic heterocycles. The lowest BCUT2D eigenvalue weighted by Crippen LogP contribution is -2.16. The summed E-state index contributed by atoms with van der Waals surface area (Å²) in [6.45, 7) is 3.72. The van der Waals surface area contributed by atoms with Gasteiger partial charge >= 0.3 is 6.18 Å². The van der Waals surface area contributed by atoms with Gasteiger partial charge in [0, 0.05) is 24.9 Å². The Morgan fingerprint density at radius 2 is 1.59 bits per heavy atom. The lowest BCUT2D eigenvalue weighted by molar-refractivity contribution is -0.137. The Hall–Kier alpha value is -3.39. The topological polar surface area (TPSA) is 60.5 Å². The van der Waals surface area contributed by atoms with Crippen LogP contribution in [-0.4, -0.2) is 24.1 Å². The summed E-state index contributed by atoms with van der Waals surface area (Å²) in [6.07, 6.45) is -3.71. The van der Waals surface area contributed by atoms with E-state index < -0.39 is 11.7 Å². The molecule has 0 fully saturated rings. The van der Waals surface area contributed by atoms with E-state index in [-0.39, 0.29) is 17.8 Å². The molecule has 168 valence electrons. The number of carbonyl (C=O) groups is 1. The first kappa shape index (κ1) is 23.3. The van der Waals surface area contributed by atoms with Crippen molar-refractivity contribution in [3.05, 3.63) is 83.2 Å². The minimum atomic E-state index is -4.39. The Labute approximate surface area is 184 Å². The van der Waals surface area contributed by atoms with Crippen molar-refractivity contribution in [1.29, 1.82) is 0 Å². The molecular formula is C24H23F3N2O3. The molecule has 0 aliphatic rings. The zero-order valence-corrected chi connectivity index (χ0v) is 17.9.